The van der Waals surface area contributed by atoms with Gasteiger partial charge in [-0.15, -0.1) is 11.3 Å². The second kappa shape index (κ2) is 6.24. The number of ether oxygens (including phenoxy) is 1. The fraction of sp³-hybridized carbons (Fsp3) is 0.353. The summed E-state index contributed by atoms with van der Waals surface area (Å²) in [6.45, 7) is 1.75. The molecule has 2 aliphatic rings. The zero-order valence-electron chi connectivity index (χ0n) is 13.1. The molecule has 24 heavy (non-hydrogen) atoms. The van der Waals surface area contributed by atoms with Crippen LogP contribution < -0.4 is 14.5 Å². The van der Waals surface area contributed by atoms with Crippen molar-refractivity contribution in [3.63, 3.8) is 0 Å². The van der Waals surface area contributed by atoms with E-state index in [-0.39, 0.29) is 18.2 Å². The number of hydrogen-bond acceptors (Lipinski definition) is 5. The van der Waals surface area contributed by atoms with Crippen molar-refractivity contribution in [2.75, 3.05) is 29.5 Å². The van der Waals surface area contributed by atoms with E-state index >= 15 is 0 Å². The van der Waals surface area contributed by atoms with Gasteiger partial charge in [-0.2, -0.15) is 0 Å². The van der Waals surface area contributed by atoms with E-state index in [2.05, 4.69) is 4.98 Å². The summed E-state index contributed by atoms with van der Waals surface area (Å²) >= 11 is 1.42. The number of hydrogen-bond donors (Lipinski definition) is 0. The van der Waals surface area contributed by atoms with Crippen LogP contribution >= 0.6 is 11.3 Å². The molecule has 0 atom stereocenters. The third kappa shape index (κ3) is 2.75. The molecule has 2 aliphatic heterocycles. The fourth-order valence-electron chi connectivity index (χ4n) is 3.03. The monoisotopic (exact) mass is 343 g/mol. The lowest BCUT2D eigenvalue weighted by Gasteiger charge is -2.29. The Labute approximate surface area is 143 Å². The third-order valence-corrected chi connectivity index (χ3v) is 5.12. The first-order valence-corrected chi connectivity index (χ1v) is 8.87. The topological polar surface area (TPSA) is 62.7 Å². The van der Waals surface area contributed by atoms with Gasteiger partial charge >= 0.3 is 0 Å². The van der Waals surface area contributed by atoms with Gasteiger partial charge in [-0.3, -0.25) is 14.5 Å². The molecule has 4 rings (SSSR count). The minimum Gasteiger partial charge on any atom is -0.490 e. The molecule has 0 radical (unpaired) electrons. The number of rotatable bonds is 3. The molecule has 124 valence electrons. The largest absolute Gasteiger partial charge is 0.490 e. The van der Waals surface area contributed by atoms with Crippen LogP contribution in [0.1, 0.15) is 18.5 Å². The molecule has 2 amide bonds. The lowest BCUT2D eigenvalue weighted by Crippen LogP contribution is -2.38. The molecule has 2 aromatic rings. The van der Waals surface area contributed by atoms with Crippen molar-refractivity contribution in [3.05, 3.63) is 35.3 Å². The number of aromatic nitrogens is 1. The van der Waals surface area contributed by atoms with E-state index in [1.54, 1.807) is 9.80 Å². The number of anilines is 2. The molecule has 0 unspecified atom stereocenters. The number of thiazole rings is 1. The van der Waals surface area contributed by atoms with Crippen LogP contribution in [0.5, 0.6) is 5.75 Å². The van der Waals surface area contributed by atoms with Gasteiger partial charge in [-0.1, -0.05) is 12.1 Å². The SMILES string of the molecule is O=C1CCCN1c1nc(CC(=O)N2CCOc3ccccc32)cs1. The summed E-state index contributed by atoms with van der Waals surface area (Å²) in [7, 11) is 0. The van der Waals surface area contributed by atoms with Gasteiger partial charge < -0.3 is 9.64 Å². The van der Waals surface area contributed by atoms with Crippen molar-refractivity contribution < 1.29 is 14.3 Å². The first-order chi connectivity index (χ1) is 11.7. The number of benzene rings is 1. The first-order valence-electron chi connectivity index (χ1n) is 7.99. The molecule has 0 N–H and O–H groups in total. The number of carbonyl (C=O) groups excluding carboxylic acids is 2. The molecule has 0 bridgehead atoms. The average molecular weight is 343 g/mol. The van der Waals surface area contributed by atoms with E-state index in [4.69, 9.17) is 4.74 Å². The Bertz CT molecular complexity index is 789. The summed E-state index contributed by atoms with van der Waals surface area (Å²) in [6.07, 6.45) is 1.68. The maximum atomic E-state index is 12.7. The Morgan fingerprint density at radius 1 is 1.29 bits per heavy atom. The Morgan fingerprint density at radius 2 is 2.17 bits per heavy atom. The molecule has 0 saturated carbocycles. The van der Waals surface area contributed by atoms with Crippen LogP contribution in [-0.2, 0) is 16.0 Å². The fourth-order valence-corrected chi connectivity index (χ4v) is 3.90. The van der Waals surface area contributed by atoms with Crippen LogP contribution in [0.15, 0.2) is 29.6 Å². The summed E-state index contributed by atoms with van der Waals surface area (Å²) in [4.78, 5) is 32.4. The average Bonchev–Trinajstić information content (AvgIpc) is 3.23. The van der Waals surface area contributed by atoms with Crippen molar-refractivity contribution in [1.82, 2.24) is 4.98 Å². The summed E-state index contributed by atoms with van der Waals surface area (Å²) in [5, 5.41) is 2.56. The van der Waals surface area contributed by atoms with E-state index in [1.807, 2.05) is 29.6 Å². The predicted octanol–water partition coefficient (Wildman–Crippen LogP) is 2.24. The molecule has 0 aliphatic carbocycles. The Hall–Kier alpha value is -2.41. The van der Waals surface area contributed by atoms with Gasteiger partial charge in [0.15, 0.2) is 5.13 Å². The van der Waals surface area contributed by atoms with Gasteiger partial charge in [-0.25, -0.2) is 4.98 Å². The van der Waals surface area contributed by atoms with Gasteiger partial charge in [0, 0.05) is 18.3 Å². The molecule has 1 saturated heterocycles. The lowest BCUT2D eigenvalue weighted by molar-refractivity contribution is -0.118. The van der Waals surface area contributed by atoms with E-state index in [0.29, 0.717) is 30.4 Å². The molecule has 1 aromatic heterocycles. The predicted molar refractivity (Wildman–Crippen MR) is 91.7 cm³/mol. The molecule has 3 heterocycles. The lowest BCUT2D eigenvalue weighted by atomic mass is 10.2. The number of carbonyl (C=O) groups is 2. The number of fused-ring (bicyclic) bond motifs is 1. The minimum absolute atomic E-state index is 0.00431. The highest BCUT2D eigenvalue weighted by molar-refractivity contribution is 7.14. The van der Waals surface area contributed by atoms with Gasteiger partial charge in [0.1, 0.15) is 12.4 Å². The third-order valence-electron chi connectivity index (χ3n) is 4.21. The number of amides is 2. The molecule has 1 fully saturated rings. The molecular weight excluding hydrogens is 326 g/mol. The van der Waals surface area contributed by atoms with E-state index in [1.165, 1.54) is 11.3 Å². The molecule has 0 spiro atoms. The molecule has 6 nitrogen and oxygen atoms in total. The zero-order valence-corrected chi connectivity index (χ0v) is 13.9. The number of para-hydroxylation sites is 2. The zero-order chi connectivity index (χ0) is 16.5. The molecule has 1 aromatic carbocycles. The Kier molecular flexibility index (Phi) is 3.93. The van der Waals surface area contributed by atoms with Crippen LogP contribution in [0.2, 0.25) is 0 Å². The smallest absolute Gasteiger partial charge is 0.233 e. The first kappa shape index (κ1) is 15.1. The van der Waals surface area contributed by atoms with Gasteiger partial charge in [0.05, 0.1) is 24.3 Å². The van der Waals surface area contributed by atoms with Crippen LogP contribution in [0, 0.1) is 0 Å². The summed E-state index contributed by atoms with van der Waals surface area (Å²) in [5.74, 6) is 0.846. The van der Waals surface area contributed by atoms with Crippen molar-refractivity contribution in [2.24, 2.45) is 0 Å². The van der Waals surface area contributed by atoms with E-state index in [0.717, 1.165) is 24.4 Å². The molecular formula is C17H17N3O3S. The highest BCUT2D eigenvalue weighted by Gasteiger charge is 2.26. The Morgan fingerprint density at radius 3 is 3.00 bits per heavy atom. The second-order valence-corrected chi connectivity index (χ2v) is 6.65. The van der Waals surface area contributed by atoms with Crippen molar-refractivity contribution in [2.45, 2.75) is 19.3 Å². The summed E-state index contributed by atoms with van der Waals surface area (Å²) in [5.41, 5.74) is 1.52. The van der Waals surface area contributed by atoms with Crippen LogP contribution in [0.4, 0.5) is 10.8 Å². The maximum absolute atomic E-state index is 12.7. The summed E-state index contributed by atoms with van der Waals surface area (Å²) in [6, 6.07) is 7.55. The van der Waals surface area contributed by atoms with Crippen LogP contribution in [0.25, 0.3) is 0 Å². The van der Waals surface area contributed by atoms with E-state index < -0.39 is 0 Å². The van der Waals surface area contributed by atoms with Crippen molar-refractivity contribution in [3.8, 4) is 5.75 Å². The molecule has 7 heteroatoms. The summed E-state index contributed by atoms with van der Waals surface area (Å²) < 4.78 is 5.59. The minimum atomic E-state index is -0.00431. The van der Waals surface area contributed by atoms with Crippen molar-refractivity contribution in [1.29, 1.82) is 0 Å². The normalized spacial score (nSPS) is 16.9. The van der Waals surface area contributed by atoms with Gasteiger partial charge in [0.25, 0.3) is 0 Å². The van der Waals surface area contributed by atoms with Crippen LogP contribution in [0.3, 0.4) is 0 Å². The second-order valence-electron chi connectivity index (χ2n) is 5.81. The van der Waals surface area contributed by atoms with Gasteiger partial charge in [-0.05, 0) is 18.6 Å². The Balaban J connectivity index is 1.49. The van der Waals surface area contributed by atoms with Crippen molar-refractivity contribution >= 4 is 34.0 Å². The highest BCUT2D eigenvalue weighted by atomic mass is 32.1. The number of nitrogens with zero attached hydrogens (tertiary/aromatic N) is 3. The van der Waals surface area contributed by atoms with E-state index in [9.17, 15) is 9.59 Å². The van der Waals surface area contributed by atoms with Gasteiger partial charge in [0.2, 0.25) is 11.8 Å². The quantitative estimate of drug-likeness (QED) is 0.857. The highest BCUT2D eigenvalue weighted by Crippen LogP contribution is 2.32. The maximum Gasteiger partial charge on any atom is 0.233 e. The standard InChI is InChI=1S/C17H17N3O3S/c21-15-6-3-7-20(15)17-18-12(11-24-17)10-16(22)19-8-9-23-14-5-2-1-4-13(14)19/h1-2,4-5,11H,3,6-10H2. The van der Waals surface area contributed by atoms with Crippen LogP contribution in [-0.4, -0.2) is 36.5 Å².